The Labute approximate surface area is 142 Å². The summed E-state index contributed by atoms with van der Waals surface area (Å²) in [5.74, 6) is -0.0919. The van der Waals surface area contributed by atoms with E-state index in [0.29, 0.717) is 12.1 Å². The zero-order valence-corrected chi connectivity index (χ0v) is 14.2. The van der Waals surface area contributed by atoms with Crippen LogP contribution in [0, 0.1) is 0 Å². The van der Waals surface area contributed by atoms with Gasteiger partial charge in [-0.15, -0.1) is 0 Å². The standard InChI is InChI=1S/C18H24N4O2/c1-21(2)12-14-10-20-22(13-14)17-8-4-3-7-16(17)18(23)19-11-15-6-5-9-24-15/h3-4,7-8,10,13,15H,5-6,9,11-12H2,1-2H3,(H,19,23). The van der Waals surface area contributed by atoms with Gasteiger partial charge in [0.25, 0.3) is 5.91 Å². The van der Waals surface area contributed by atoms with E-state index in [1.165, 1.54) is 0 Å². The smallest absolute Gasteiger partial charge is 0.253 e. The van der Waals surface area contributed by atoms with Gasteiger partial charge in [0, 0.05) is 31.5 Å². The predicted molar refractivity (Wildman–Crippen MR) is 92.3 cm³/mol. The summed E-state index contributed by atoms with van der Waals surface area (Å²) in [5, 5.41) is 7.38. The van der Waals surface area contributed by atoms with Crippen LogP contribution in [0.4, 0.5) is 0 Å². The molecule has 0 radical (unpaired) electrons. The lowest BCUT2D eigenvalue weighted by molar-refractivity contribution is 0.0857. The fraction of sp³-hybridized carbons (Fsp3) is 0.444. The SMILES string of the molecule is CN(C)Cc1cnn(-c2ccccc2C(=O)NCC2CCCO2)c1. The molecule has 1 aliphatic heterocycles. The average Bonchev–Trinajstić information content (AvgIpc) is 3.24. The summed E-state index contributed by atoms with van der Waals surface area (Å²) in [6, 6.07) is 7.52. The second-order valence-corrected chi connectivity index (χ2v) is 6.39. The zero-order chi connectivity index (χ0) is 16.9. The third kappa shape index (κ3) is 4.01. The molecular weight excluding hydrogens is 304 g/mol. The molecule has 0 spiro atoms. The van der Waals surface area contributed by atoms with Crippen LogP contribution in [-0.2, 0) is 11.3 Å². The van der Waals surface area contributed by atoms with Gasteiger partial charge in [0.1, 0.15) is 0 Å². The molecule has 1 aromatic carbocycles. The van der Waals surface area contributed by atoms with Gasteiger partial charge in [0.05, 0.1) is 23.6 Å². The molecule has 1 atom stereocenters. The van der Waals surface area contributed by atoms with Gasteiger partial charge in [0.2, 0.25) is 0 Å². The van der Waals surface area contributed by atoms with Gasteiger partial charge >= 0.3 is 0 Å². The van der Waals surface area contributed by atoms with E-state index in [0.717, 1.165) is 37.2 Å². The summed E-state index contributed by atoms with van der Waals surface area (Å²) in [4.78, 5) is 14.6. The fourth-order valence-corrected chi connectivity index (χ4v) is 2.91. The van der Waals surface area contributed by atoms with Gasteiger partial charge in [-0.05, 0) is 39.1 Å². The van der Waals surface area contributed by atoms with Crippen molar-refractivity contribution in [2.24, 2.45) is 0 Å². The quantitative estimate of drug-likeness (QED) is 0.879. The molecule has 1 amide bonds. The first-order valence-electron chi connectivity index (χ1n) is 8.31. The van der Waals surface area contributed by atoms with E-state index in [1.807, 2.05) is 50.8 Å². The van der Waals surface area contributed by atoms with Crippen LogP contribution < -0.4 is 5.32 Å². The van der Waals surface area contributed by atoms with Crippen molar-refractivity contribution in [2.75, 3.05) is 27.2 Å². The maximum Gasteiger partial charge on any atom is 0.253 e. The fourth-order valence-electron chi connectivity index (χ4n) is 2.91. The summed E-state index contributed by atoms with van der Waals surface area (Å²) in [6.07, 6.45) is 6.01. The Balaban J connectivity index is 1.74. The first-order chi connectivity index (χ1) is 11.6. The first kappa shape index (κ1) is 16.7. The van der Waals surface area contributed by atoms with Crippen molar-refractivity contribution in [3.63, 3.8) is 0 Å². The van der Waals surface area contributed by atoms with Gasteiger partial charge in [0.15, 0.2) is 0 Å². The summed E-state index contributed by atoms with van der Waals surface area (Å²) >= 11 is 0. The molecule has 1 aliphatic rings. The van der Waals surface area contributed by atoms with Crippen molar-refractivity contribution >= 4 is 5.91 Å². The summed E-state index contributed by atoms with van der Waals surface area (Å²) < 4.78 is 7.32. The molecule has 2 heterocycles. The van der Waals surface area contributed by atoms with Crippen LogP contribution >= 0.6 is 0 Å². The van der Waals surface area contributed by atoms with Crippen LogP contribution in [0.3, 0.4) is 0 Å². The van der Waals surface area contributed by atoms with Crippen LogP contribution in [0.2, 0.25) is 0 Å². The molecule has 6 heteroatoms. The van der Waals surface area contributed by atoms with Crippen molar-refractivity contribution in [3.8, 4) is 5.69 Å². The number of benzene rings is 1. The van der Waals surface area contributed by atoms with Crippen molar-refractivity contribution in [1.29, 1.82) is 0 Å². The lowest BCUT2D eigenvalue weighted by atomic mass is 10.1. The first-order valence-corrected chi connectivity index (χ1v) is 8.31. The number of carbonyl (C=O) groups is 1. The minimum Gasteiger partial charge on any atom is -0.376 e. The molecule has 2 aromatic rings. The lowest BCUT2D eigenvalue weighted by Gasteiger charge is -2.13. The Kier molecular flexibility index (Phi) is 5.27. The third-order valence-electron chi connectivity index (χ3n) is 4.04. The normalized spacial score (nSPS) is 17.4. The van der Waals surface area contributed by atoms with Gasteiger partial charge in [-0.2, -0.15) is 5.10 Å². The number of ether oxygens (including phenoxy) is 1. The Morgan fingerprint density at radius 3 is 3.00 bits per heavy atom. The van der Waals surface area contributed by atoms with Crippen LogP contribution in [0.25, 0.3) is 5.69 Å². The zero-order valence-electron chi connectivity index (χ0n) is 14.2. The van der Waals surface area contributed by atoms with Crippen molar-refractivity contribution in [1.82, 2.24) is 20.0 Å². The number of aromatic nitrogens is 2. The van der Waals surface area contributed by atoms with Crippen LogP contribution in [0.5, 0.6) is 0 Å². The van der Waals surface area contributed by atoms with Crippen molar-refractivity contribution in [2.45, 2.75) is 25.5 Å². The molecule has 1 saturated heterocycles. The second kappa shape index (κ2) is 7.59. The number of hydrogen-bond acceptors (Lipinski definition) is 4. The highest BCUT2D eigenvalue weighted by molar-refractivity contribution is 5.97. The van der Waals surface area contributed by atoms with E-state index in [4.69, 9.17) is 4.74 Å². The monoisotopic (exact) mass is 328 g/mol. The molecular formula is C18H24N4O2. The van der Waals surface area contributed by atoms with Crippen molar-refractivity contribution < 1.29 is 9.53 Å². The largest absolute Gasteiger partial charge is 0.376 e. The number of rotatable bonds is 6. The number of carbonyl (C=O) groups excluding carboxylic acids is 1. The molecule has 0 saturated carbocycles. The minimum atomic E-state index is -0.0919. The summed E-state index contributed by atoms with van der Waals surface area (Å²) in [7, 11) is 4.04. The van der Waals surface area contributed by atoms with Crippen LogP contribution in [0.15, 0.2) is 36.7 Å². The Morgan fingerprint density at radius 2 is 2.25 bits per heavy atom. The molecule has 3 rings (SSSR count). The molecule has 128 valence electrons. The molecule has 0 aliphatic carbocycles. The van der Waals surface area contributed by atoms with Gasteiger partial charge in [-0.3, -0.25) is 4.79 Å². The molecule has 1 unspecified atom stereocenters. The van der Waals surface area contributed by atoms with Crippen LogP contribution in [0.1, 0.15) is 28.8 Å². The number of para-hydroxylation sites is 1. The molecule has 1 aromatic heterocycles. The number of nitrogens with zero attached hydrogens (tertiary/aromatic N) is 3. The van der Waals surface area contributed by atoms with Gasteiger partial charge in [-0.1, -0.05) is 12.1 Å². The second-order valence-electron chi connectivity index (χ2n) is 6.39. The van der Waals surface area contributed by atoms with E-state index in [2.05, 4.69) is 15.3 Å². The molecule has 1 N–H and O–H groups in total. The van der Waals surface area contributed by atoms with E-state index in [-0.39, 0.29) is 12.0 Å². The maximum absolute atomic E-state index is 12.6. The van der Waals surface area contributed by atoms with E-state index in [9.17, 15) is 4.79 Å². The number of hydrogen-bond donors (Lipinski definition) is 1. The van der Waals surface area contributed by atoms with E-state index in [1.54, 1.807) is 4.68 Å². The summed E-state index contributed by atoms with van der Waals surface area (Å²) in [6.45, 7) is 2.16. The lowest BCUT2D eigenvalue weighted by Crippen LogP contribution is -2.32. The molecule has 6 nitrogen and oxygen atoms in total. The summed E-state index contributed by atoms with van der Waals surface area (Å²) in [5.41, 5.74) is 2.51. The Morgan fingerprint density at radius 1 is 1.42 bits per heavy atom. The molecule has 24 heavy (non-hydrogen) atoms. The Hall–Kier alpha value is -2.18. The van der Waals surface area contributed by atoms with Crippen LogP contribution in [-0.4, -0.2) is 53.9 Å². The minimum absolute atomic E-state index is 0.0919. The predicted octanol–water partition coefficient (Wildman–Crippen LogP) is 1.84. The van der Waals surface area contributed by atoms with E-state index >= 15 is 0 Å². The van der Waals surface area contributed by atoms with Crippen molar-refractivity contribution in [3.05, 3.63) is 47.8 Å². The molecule has 0 bridgehead atoms. The number of nitrogens with one attached hydrogen (secondary N) is 1. The van der Waals surface area contributed by atoms with Gasteiger partial charge in [-0.25, -0.2) is 4.68 Å². The third-order valence-corrected chi connectivity index (χ3v) is 4.04. The van der Waals surface area contributed by atoms with E-state index < -0.39 is 0 Å². The maximum atomic E-state index is 12.6. The highest BCUT2D eigenvalue weighted by Crippen LogP contribution is 2.16. The average molecular weight is 328 g/mol. The topological polar surface area (TPSA) is 59.4 Å². The Bertz CT molecular complexity index is 690. The van der Waals surface area contributed by atoms with Gasteiger partial charge < -0.3 is 15.0 Å². The number of amides is 1. The highest BCUT2D eigenvalue weighted by atomic mass is 16.5. The molecule has 1 fully saturated rings. The highest BCUT2D eigenvalue weighted by Gasteiger charge is 2.18.